The van der Waals surface area contributed by atoms with E-state index in [0.717, 1.165) is 11.1 Å². The van der Waals surface area contributed by atoms with Gasteiger partial charge in [0.1, 0.15) is 5.75 Å². The van der Waals surface area contributed by atoms with Crippen molar-refractivity contribution in [2.45, 2.75) is 26.2 Å². The third kappa shape index (κ3) is 2.82. The summed E-state index contributed by atoms with van der Waals surface area (Å²) < 4.78 is 0. The summed E-state index contributed by atoms with van der Waals surface area (Å²) in [7, 11) is 0. The molecule has 0 heterocycles. The minimum absolute atomic E-state index is 0.0854. The predicted octanol–water partition coefficient (Wildman–Crippen LogP) is 3.62. The second-order valence-corrected chi connectivity index (χ2v) is 5.47. The quantitative estimate of drug-likeness (QED) is 0.836. The lowest BCUT2D eigenvalue weighted by molar-refractivity contribution is -0.120. The number of phenolic OH excluding ortho intramolecular Hbond substituents is 1. The van der Waals surface area contributed by atoms with E-state index >= 15 is 0 Å². The molecule has 0 aliphatic heterocycles. The summed E-state index contributed by atoms with van der Waals surface area (Å²) in [6.45, 7) is 5.62. The van der Waals surface area contributed by atoms with E-state index in [9.17, 15) is 9.90 Å². The van der Waals surface area contributed by atoms with Crippen LogP contribution in [-0.2, 0) is 10.2 Å². The first-order chi connectivity index (χ1) is 9.41. The largest absolute Gasteiger partial charge is 0.506 e. The van der Waals surface area contributed by atoms with E-state index < -0.39 is 5.41 Å². The van der Waals surface area contributed by atoms with Crippen molar-refractivity contribution < 1.29 is 9.90 Å². The lowest BCUT2D eigenvalue weighted by Gasteiger charge is -2.24. The number of carbonyl (C=O) groups excluding carboxylic acids is 1. The molecule has 3 nitrogen and oxygen atoms in total. The highest BCUT2D eigenvalue weighted by atomic mass is 16.3. The molecule has 0 saturated carbocycles. The van der Waals surface area contributed by atoms with Gasteiger partial charge in [0.15, 0.2) is 0 Å². The second-order valence-electron chi connectivity index (χ2n) is 5.47. The number of phenols is 1. The molecular weight excluding hydrogens is 250 g/mol. The lowest BCUT2D eigenvalue weighted by atomic mass is 9.83. The van der Waals surface area contributed by atoms with Gasteiger partial charge in [0, 0.05) is 0 Å². The molecule has 2 rings (SSSR count). The van der Waals surface area contributed by atoms with Gasteiger partial charge in [0.25, 0.3) is 0 Å². The van der Waals surface area contributed by atoms with Crippen LogP contribution in [0, 0.1) is 6.92 Å². The summed E-state index contributed by atoms with van der Waals surface area (Å²) >= 11 is 0. The summed E-state index contributed by atoms with van der Waals surface area (Å²) in [6.07, 6.45) is 0. The molecule has 1 amide bonds. The molecule has 0 saturated heterocycles. The third-order valence-electron chi connectivity index (χ3n) is 3.46. The number of hydrogen-bond acceptors (Lipinski definition) is 2. The van der Waals surface area contributed by atoms with Crippen LogP contribution in [0.15, 0.2) is 48.5 Å². The highest BCUT2D eigenvalue weighted by molar-refractivity contribution is 5.99. The standard InChI is InChI=1S/C17H19NO2/c1-12-9-10-14(15(19)11-12)18-16(20)17(2,3)13-7-5-4-6-8-13/h4-11,19H,1-3H3,(H,18,20). The number of amides is 1. The van der Waals surface area contributed by atoms with Crippen molar-refractivity contribution in [1.82, 2.24) is 0 Å². The van der Waals surface area contributed by atoms with Gasteiger partial charge in [-0.25, -0.2) is 0 Å². The average Bonchev–Trinajstić information content (AvgIpc) is 2.42. The second kappa shape index (κ2) is 5.37. The maximum absolute atomic E-state index is 12.4. The fourth-order valence-electron chi connectivity index (χ4n) is 2.01. The molecule has 2 aromatic rings. The van der Waals surface area contributed by atoms with Crippen LogP contribution in [0.5, 0.6) is 5.75 Å². The number of anilines is 1. The molecule has 0 unspecified atom stereocenters. The molecule has 20 heavy (non-hydrogen) atoms. The highest BCUT2D eigenvalue weighted by Crippen LogP contribution is 2.28. The molecule has 0 aliphatic rings. The molecule has 2 aromatic carbocycles. The molecule has 0 aromatic heterocycles. The Bertz CT molecular complexity index is 618. The number of aryl methyl sites for hydroxylation is 1. The zero-order valence-electron chi connectivity index (χ0n) is 12.0. The minimum atomic E-state index is -0.668. The van der Waals surface area contributed by atoms with Crippen LogP contribution >= 0.6 is 0 Å². The molecule has 0 atom stereocenters. The van der Waals surface area contributed by atoms with Crippen LogP contribution in [0.1, 0.15) is 25.0 Å². The average molecular weight is 269 g/mol. The maximum Gasteiger partial charge on any atom is 0.234 e. The lowest BCUT2D eigenvalue weighted by Crippen LogP contribution is -2.34. The first-order valence-corrected chi connectivity index (χ1v) is 6.58. The summed E-state index contributed by atoms with van der Waals surface area (Å²) in [6, 6.07) is 14.8. The van der Waals surface area contributed by atoms with Gasteiger partial charge in [0.05, 0.1) is 11.1 Å². The number of aromatic hydroxyl groups is 1. The van der Waals surface area contributed by atoms with Gasteiger partial charge in [-0.15, -0.1) is 0 Å². The highest BCUT2D eigenvalue weighted by Gasteiger charge is 2.30. The summed E-state index contributed by atoms with van der Waals surface area (Å²) in [4.78, 5) is 12.4. The Morgan fingerprint density at radius 2 is 1.75 bits per heavy atom. The molecule has 0 radical (unpaired) electrons. The Hall–Kier alpha value is -2.29. The van der Waals surface area contributed by atoms with Crippen LogP contribution in [0.3, 0.4) is 0 Å². The van der Waals surface area contributed by atoms with Gasteiger partial charge in [-0.2, -0.15) is 0 Å². The zero-order chi connectivity index (χ0) is 14.8. The van der Waals surface area contributed by atoms with Crippen LogP contribution in [0.2, 0.25) is 0 Å². The molecule has 0 bridgehead atoms. The monoisotopic (exact) mass is 269 g/mol. The predicted molar refractivity (Wildman–Crippen MR) is 80.9 cm³/mol. The smallest absolute Gasteiger partial charge is 0.234 e. The Kier molecular flexibility index (Phi) is 3.79. The molecule has 0 fully saturated rings. The molecule has 2 N–H and O–H groups in total. The molecule has 3 heteroatoms. The van der Waals surface area contributed by atoms with E-state index in [1.807, 2.05) is 57.2 Å². The minimum Gasteiger partial charge on any atom is -0.506 e. The summed E-state index contributed by atoms with van der Waals surface area (Å²) in [5.41, 5.74) is 1.65. The van der Waals surface area contributed by atoms with Crippen molar-refractivity contribution in [2.75, 3.05) is 5.32 Å². The van der Waals surface area contributed by atoms with Gasteiger partial charge in [-0.3, -0.25) is 4.79 Å². The van der Waals surface area contributed by atoms with Crippen molar-refractivity contribution in [3.63, 3.8) is 0 Å². The van der Waals surface area contributed by atoms with E-state index in [-0.39, 0.29) is 11.7 Å². The number of hydrogen-bond donors (Lipinski definition) is 2. The third-order valence-corrected chi connectivity index (χ3v) is 3.46. The van der Waals surface area contributed by atoms with Crippen LogP contribution in [0.25, 0.3) is 0 Å². The normalized spacial score (nSPS) is 11.2. The van der Waals surface area contributed by atoms with Crippen molar-refractivity contribution in [3.05, 3.63) is 59.7 Å². The number of nitrogens with one attached hydrogen (secondary N) is 1. The van der Waals surface area contributed by atoms with Crippen LogP contribution in [-0.4, -0.2) is 11.0 Å². The summed E-state index contributed by atoms with van der Waals surface area (Å²) in [5, 5.41) is 12.6. The van der Waals surface area contributed by atoms with E-state index in [1.54, 1.807) is 12.1 Å². The number of rotatable bonds is 3. The van der Waals surface area contributed by atoms with Crippen molar-refractivity contribution in [1.29, 1.82) is 0 Å². The molecule has 104 valence electrons. The van der Waals surface area contributed by atoms with E-state index in [0.29, 0.717) is 5.69 Å². The molecule has 0 spiro atoms. The maximum atomic E-state index is 12.4. The van der Waals surface area contributed by atoms with Gasteiger partial charge >= 0.3 is 0 Å². The Morgan fingerprint density at radius 3 is 2.35 bits per heavy atom. The fourth-order valence-corrected chi connectivity index (χ4v) is 2.01. The zero-order valence-corrected chi connectivity index (χ0v) is 12.0. The van der Waals surface area contributed by atoms with Gasteiger partial charge in [-0.05, 0) is 44.0 Å². The van der Waals surface area contributed by atoms with Crippen molar-refractivity contribution in [3.8, 4) is 5.75 Å². The Morgan fingerprint density at radius 1 is 1.10 bits per heavy atom. The van der Waals surface area contributed by atoms with Gasteiger partial charge in [0.2, 0.25) is 5.91 Å². The first-order valence-electron chi connectivity index (χ1n) is 6.58. The number of carbonyl (C=O) groups is 1. The topological polar surface area (TPSA) is 49.3 Å². The van der Waals surface area contributed by atoms with E-state index in [4.69, 9.17) is 0 Å². The molecule has 0 aliphatic carbocycles. The molecular formula is C17H19NO2. The Labute approximate surface area is 119 Å². The number of benzene rings is 2. The van der Waals surface area contributed by atoms with Crippen molar-refractivity contribution in [2.24, 2.45) is 0 Å². The van der Waals surface area contributed by atoms with Crippen LogP contribution < -0.4 is 5.32 Å². The van der Waals surface area contributed by atoms with E-state index in [2.05, 4.69) is 5.32 Å². The van der Waals surface area contributed by atoms with Crippen LogP contribution in [0.4, 0.5) is 5.69 Å². The fraction of sp³-hybridized carbons (Fsp3) is 0.235. The van der Waals surface area contributed by atoms with Gasteiger partial charge in [-0.1, -0.05) is 36.4 Å². The first kappa shape index (κ1) is 14.1. The SMILES string of the molecule is Cc1ccc(NC(=O)C(C)(C)c2ccccc2)c(O)c1. The summed E-state index contributed by atoms with van der Waals surface area (Å²) in [5.74, 6) is -0.0648. The van der Waals surface area contributed by atoms with Gasteiger partial charge < -0.3 is 10.4 Å². The van der Waals surface area contributed by atoms with E-state index in [1.165, 1.54) is 0 Å². The Balaban J connectivity index is 2.23. The van der Waals surface area contributed by atoms with Crippen molar-refractivity contribution >= 4 is 11.6 Å².